The Hall–Kier alpha value is -2.80. The van der Waals surface area contributed by atoms with Crippen molar-refractivity contribution in [3.05, 3.63) is 42.3 Å². The average molecular weight is 416 g/mol. The van der Waals surface area contributed by atoms with Crippen molar-refractivity contribution in [2.24, 2.45) is 11.7 Å². The molecule has 154 valence electrons. The van der Waals surface area contributed by atoms with Crippen LogP contribution >= 0.6 is 12.4 Å². The van der Waals surface area contributed by atoms with Gasteiger partial charge in [-0.25, -0.2) is 0 Å². The molecule has 8 heteroatoms. The molecule has 0 bridgehead atoms. The predicted octanol–water partition coefficient (Wildman–Crippen LogP) is 4.38. The van der Waals surface area contributed by atoms with Crippen LogP contribution in [0, 0.1) is 11.3 Å². The van der Waals surface area contributed by atoms with Gasteiger partial charge >= 0.3 is 0 Å². The van der Waals surface area contributed by atoms with E-state index in [1.54, 1.807) is 4.90 Å². The Kier molecular flexibility index (Phi) is 6.27. The zero-order valence-electron chi connectivity index (χ0n) is 16.6. The number of nitrogens with two attached hydrogens (primary N) is 1. The molecule has 0 amide bonds. The second kappa shape index (κ2) is 8.69. The quantitative estimate of drug-likeness (QED) is 0.473. The van der Waals surface area contributed by atoms with Gasteiger partial charge in [-0.3, -0.25) is 5.41 Å². The van der Waals surface area contributed by atoms with Gasteiger partial charge in [0.1, 0.15) is 11.8 Å². The molecule has 3 aromatic rings. The van der Waals surface area contributed by atoms with Crippen LogP contribution in [0.1, 0.15) is 38.6 Å². The summed E-state index contributed by atoms with van der Waals surface area (Å²) in [5.41, 5.74) is 6.56. The van der Waals surface area contributed by atoms with E-state index in [1.165, 1.54) is 0 Å². The normalized spacial score (nSPS) is 16.2. The van der Waals surface area contributed by atoms with Crippen LogP contribution < -0.4 is 10.5 Å². The maximum absolute atomic E-state index is 7.71. The molecule has 1 saturated heterocycles. The summed E-state index contributed by atoms with van der Waals surface area (Å²) in [6, 6.07) is 12.0. The van der Waals surface area contributed by atoms with Gasteiger partial charge in [-0.15, -0.1) is 12.4 Å². The maximum atomic E-state index is 7.71. The topological polar surface area (TPSA) is 101 Å². The molecule has 1 fully saturated rings. The summed E-state index contributed by atoms with van der Waals surface area (Å²) >= 11 is 0. The van der Waals surface area contributed by atoms with Gasteiger partial charge in [-0.2, -0.15) is 4.98 Å². The van der Waals surface area contributed by atoms with Crippen LogP contribution in [-0.2, 0) is 0 Å². The fourth-order valence-electron chi connectivity index (χ4n) is 3.52. The minimum absolute atomic E-state index is 0. The summed E-state index contributed by atoms with van der Waals surface area (Å²) in [6.07, 6.45) is 1.82. The molecule has 1 unspecified atom stereocenters. The van der Waals surface area contributed by atoms with Gasteiger partial charge in [0, 0.05) is 12.1 Å². The molecule has 2 aromatic carbocycles. The van der Waals surface area contributed by atoms with Gasteiger partial charge in [-0.05, 0) is 47.7 Å². The maximum Gasteiger partial charge on any atom is 0.249 e. The summed E-state index contributed by atoms with van der Waals surface area (Å²) in [6.45, 7) is 5.71. The summed E-state index contributed by atoms with van der Waals surface area (Å²) in [5, 5.41) is 14.0. The molecule has 0 saturated carbocycles. The first kappa shape index (κ1) is 20.9. The highest BCUT2D eigenvalue weighted by atomic mass is 35.5. The number of nitrogens with one attached hydrogen (secondary N) is 1. The van der Waals surface area contributed by atoms with E-state index in [0.29, 0.717) is 24.2 Å². The van der Waals surface area contributed by atoms with E-state index in [0.717, 1.165) is 41.5 Å². The van der Waals surface area contributed by atoms with Crippen molar-refractivity contribution >= 4 is 29.1 Å². The molecule has 0 radical (unpaired) electrons. The van der Waals surface area contributed by atoms with E-state index >= 15 is 0 Å². The minimum atomic E-state index is -0.111. The molecular formula is C21H26ClN5O2. The highest BCUT2D eigenvalue weighted by Gasteiger charge is 2.31. The van der Waals surface area contributed by atoms with Crippen molar-refractivity contribution < 1.29 is 9.26 Å². The molecule has 0 spiro atoms. The average Bonchev–Trinajstić information content (AvgIpc) is 3.35. The molecule has 1 atom stereocenters. The van der Waals surface area contributed by atoms with E-state index in [4.69, 9.17) is 20.4 Å². The van der Waals surface area contributed by atoms with Crippen LogP contribution in [0.4, 0.5) is 0 Å². The lowest BCUT2D eigenvalue weighted by Gasteiger charge is -2.21. The molecular weight excluding hydrogens is 390 g/mol. The number of hydrogen-bond acceptors (Lipinski definition) is 5. The number of hydrogen-bond donors (Lipinski definition) is 2. The smallest absolute Gasteiger partial charge is 0.249 e. The minimum Gasteiger partial charge on any atom is -0.493 e. The Morgan fingerprint density at radius 2 is 2.03 bits per heavy atom. The Balaban J connectivity index is 0.00000240. The first-order chi connectivity index (χ1) is 13.5. The van der Waals surface area contributed by atoms with Gasteiger partial charge in [0.25, 0.3) is 0 Å². The van der Waals surface area contributed by atoms with Gasteiger partial charge in [0.2, 0.25) is 11.7 Å². The van der Waals surface area contributed by atoms with Gasteiger partial charge < -0.3 is 19.9 Å². The number of ether oxygens (including phenoxy) is 1. The molecule has 2 heterocycles. The zero-order chi connectivity index (χ0) is 19.7. The third kappa shape index (κ3) is 4.45. The van der Waals surface area contributed by atoms with Crippen molar-refractivity contribution in [1.82, 2.24) is 15.0 Å². The van der Waals surface area contributed by atoms with Crippen molar-refractivity contribution in [1.29, 1.82) is 5.41 Å². The number of benzene rings is 2. The fraction of sp³-hybridized carbons (Fsp3) is 0.381. The second-order valence-corrected chi connectivity index (χ2v) is 7.62. The number of guanidine groups is 1. The molecule has 29 heavy (non-hydrogen) atoms. The van der Waals surface area contributed by atoms with Gasteiger partial charge in [0.15, 0.2) is 5.96 Å². The number of likely N-dealkylation sites (tertiary alicyclic amines) is 1. The van der Waals surface area contributed by atoms with Crippen molar-refractivity contribution in [3.63, 3.8) is 0 Å². The number of rotatable bonds is 5. The summed E-state index contributed by atoms with van der Waals surface area (Å²) < 4.78 is 11.3. The number of nitrogens with zero attached hydrogens (tertiary/aromatic N) is 3. The number of fused-ring (bicyclic) bond motifs is 1. The van der Waals surface area contributed by atoms with Gasteiger partial charge in [-0.1, -0.05) is 37.2 Å². The van der Waals surface area contributed by atoms with Crippen LogP contribution in [0.5, 0.6) is 5.75 Å². The lowest BCUT2D eigenvalue weighted by Crippen LogP contribution is -2.35. The van der Waals surface area contributed by atoms with E-state index in [-0.39, 0.29) is 24.4 Å². The van der Waals surface area contributed by atoms with Gasteiger partial charge in [0.05, 0.1) is 6.61 Å². The predicted molar refractivity (Wildman–Crippen MR) is 115 cm³/mol. The first-order valence-corrected chi connectivity index (χ1v) is 9.62. The van der Waals surface area contributed by atoms with Crippen LogP contribution in [0.2, 0.25) is 0 Å². The highest BCUT2D eigenvalue weighted by Crippen LogP contribution is 2.32. The molecule has 1 aromatic heterocycles. The number of aromatic nitrogens is 2. The molecule has 7 nitrogen and oxygen atoms in total. The van der Waals surface area contributed by atoms with Crippen molar-refractivity contribution in [3.8, 4) is 17.1 Å². The Morgan fingerprint density at radius 1 is 1.28 bits per heavy atom. The lowest BCUT2D eigenvalue weighted by atomic mass is 10.1. The lowest BCUT2D eigenvalue weighted by molar-refractivity contribution is 0.271. The molecule has 4 rings (SSSR count). The summed E-state index contributed by atoms with van der Waals surface area (Å²) in [5.74, 6) is 2.47. The van der Waals surface area contributed by atoms with Crippen LogP contribution in [-0.4, -0.2) is 34.2 Å². The molecule has 0 aliphatic carbocycles. The zero-order valence-corrected chi connectivity index (χ0v) is 17.4. The highest BCUT2D eigenvalue weighted by molar-refractivity contribution is 5.87. The molecule has 1 aliphatic heterocycles. The van der Waals surface area contributed by atoms with Crippen molar-refractivity contribution in [2.45, 2.75) is 32.7 Å². The van der Waals surface area contributed by atoms with Crippen LogP contribution in [0.3, 0.4) is 0 Å². The third-order valence-electron chi connectivity index (χ3n) is 4.94. The first-order valence-electron chi connectivity index (χ1n) is 9.62. The van der Waals surface area contributed by atoms with Crippen LogP contribution in [0.25, 0.3) is 22.2 Å². The van der Waals surface area contributed by atoms with Crippen LogP contribution in [0.15, 0.2) is 40.9 Å². The fourth-order valence-corrected chi connectivity index (χ4v) is 3.52. The van der Waals surface area contributed by atoms with E-state index < -0.39 is 0 Å². The van der Waals surface area contributed by atoms with Crippen molar-refractivity contribution in [2.75, 3.05) is 13.2 Å². The Bertz CT molecular complexity index is 1000. The monoisotopic (exact) mass is 415 g/mol. The standard InChI is InChI=1S/C21H25N5O2.ClH/c1-13(2)12-27-17-8-7-14-10-16(6-5-15(14)11-17)19-24-20(28-25-19)18-4-3-9-26(18)21(22)23;/h5-8,10-11,13,18H,3-4,9,12H2,1-2H3,(H3,22,23);1H. The summed E-state index contributed by atoms with van der Waals surface area (Å²) in [7, 11) is 0. The number of halogens is 1. The van der Waals surface area contributed by atoms with E-state index in [9.17, 15) is 0 Å². The SMILES string of the molecule is CC(C)COc1ccc2cc(-c3noc(C4CCCN4C(=N)N)n3)ccc2c1.Cl. The molecule has 3 N–H and O–H groups in total. The Morgan fingerprint density at radius 3 is 2.79 bits per heavy atom. The molecule has 1 aliphatic rings. The van der Waals surface area contributed by atoms with E-state index in [1.807, 2.05) is 36.4 Å². The second-order valence-electron chi connectivity index (χ2n) is 7.62. The van der Waals surface area contributed by atoms with E-state index in [2.05, 4.69) is 24.0 Å². The third-order valence-corrected chi connectivity index (χ3v) is 4.94. The Labute approximate surface area is 176 Å². The largest absolute Gasteiger partial charge is 0.493 e. The summed E-state index contributed by atoms with van der Waals surface area (Å²) in [4.78, 5) is 6.37.